The van der Waals surface area contributed by atoms with Crippen LogP contribution in [0, 0.1) is 5.82 Å². The molecule has 0 spiro atoms. The van der Waals surface area contributed by atoms with E-state index in [0.717, 1.165) is 0 Å². The quantitative estimate of drug-likeness (QED) is 0.582. The first kappa shape index (κ1) is 27.4. The first-order valence-corrected chi connectivity index (χ1v) is 12.5. The van der Waals surface area contributed by atoms with Crippen LogP contribution in [0.5, 0.6) is 0 Å². The SMILES string of the molecule is CCOC(=O)C1=C(CN2CCN(C(=O)NC(C)(C)C)C(C)C2)N(CC)C(=O)NC1c1ccc(F)cc1. The normalized spacial score (nSPS) is 21.4. The molecule has 3 rings (SSSR count). The van der Waals surface area contributed by atoms with Crippen LogP contribution in [0.4, 0.5) is 14.0 Å². The zero-order valence-corrected chi connectivity index (χ0v) is 22.1. The number of urea groups is 2. The maximum Gasteiger partial charge on any atom is 0.338 e. The van der Waals surface area contributed by atoms with Crippen LogP contribution in [-0.4, -0.2) is 83.6 Å². The number of nitrogens with zero attached hydrogens (tertiary/aromatic N) is 3. The number of likely N-dealkylation sites (N-methyl/N-ethyl adjacent to an activating group) is 1. The van der Waals surface area contributed by atoms with Crippen LogP contribution in [0.3, 0.4) is 0 Å². The maximum atomic E-state index is 13.6. The summed E-state index contributed by atoms with van der Waals surface area (Å²) < 4.78 is 19.0. The highest BCUT2D eigenvalue weighted by Gasteiger charge is 2.39. The van der Waals surface area contributed by atoms with Gasteiger partial charge in [-0.25, -0.2) is 18.8 Å². The van der Waals surface area contributed by atoms with E-state index < -0.39 is 17.8 Å². The third kappa shape index (κ3) is 6.34. The molecule has 10 heteroatoms. The Balaban J connectivity index is 1.92. The van der Waals surface area contributed by atoms with Gasteiger partial charge in [0.2, 0.25) is 0 Å². The number of halogens is 1. The molecule has 4 amide bonds. The van der Waals surface area contributed by atoms with Crippen molar-refractivity contribution in [1.29, 1.82) is 0 Å². The van der Waals surface area contributed by atoms with Gasteiger partial charge in [-0.2, -0.15) is 0 Å². The van der Waals surface area contributed by atoms with Gasteiger partial charge in [0, 0.05) is 50.0 Å². The van der Waals surface area contributed by atoms with Gasteiger partial charge in [-0.3, -0.25) is 9.80 Å². The van der Waals surface area contributed by atoms with Crippen molar-refractivity contribution in [2.75, 3.05) is 39.3 Å². The van der Waals surface area contributed by atoms with E-state index in [9.17, 15) is 18.8 Å². The zero-order chi connectivity index (χ0) is 26.6. The summed E-state index contributed by atoms with van der Waals surface area (Å²) in [5.74, 6) is -0.920. The van der Waals surface area contributed by atoms with Gasteiger partial charge in [-0.15, -0.1) is 0 Å². The molecule has 2 unspecified atom stereocenters. The van der Waals surface area contributed by atoms with E-state index in [1.54, 1.807) is 24.0 Å². The van der Waals surface area contributed by atoms with Crippen molar-refractivity contribution in [2.24, 2.45) is 0 Å². The van der Waals surface area contributed by atoms with Gasteiger partial charge in [0.05, 0.1) is 18.2 Å². The summed E-state index contributed by atoms with van der Waals surface area (Å²) in [6.07, 6.45) is 0. The number of hydrogen-bond acceptors (Lipinski definition) is 5. The second kappa shape index (κ2) is 11.3. The lowest BCUT2D eigenvalue weighted by atomic mass is 9.94. The molecule has 9 nitrogen and oxygen atoms in total. The lowest BCUT2D eigenvalue weighted by Crippen LogP contribution is -2.59. The average molecular weight is 504 g/mol. The Morgan fingerprint density at radius 3 is 2.39 bits per heavy atom. The molecule has 0 saturated carbocycles. The summed E-state index contributed by atoms with van der Waals surface area (Å²) in [5.41, 5.74) is 1.16. The summed E-state index contributed by atoms with van der Waals surface area (Å²) in [4.78, 5) is 44.5. The molecule has 1 aromatic rings. The minimum Gasteiger partial charge on any atom is -0.463 e. The lowest BCUT2D eigenvalue weighted by molar-refractivity contribution is -0.139. The molecule has 2 atom stereocenters. The van der Waals surface area contributed by atoms with E-state index in [1.165, 1.54) is 12.1 Å². The van der Waals surface area contributed by atoms with Gasteiger partial charge in [0.15, 0.2) is 0 Å². The fourth-order valence-corrected chi connectivity index (χ4v) is 4.65. The number of benzene rings is 1. The number of ether oxygens (including phenoxy) is 1. The number of esters is 1. The predicted octanol–water partition coefficient (Wildman–Crippen LogP) is 3.24. The predicted molar refractivity (Wildman–Crippen MR) is 135 cm³/mol. The van der Waals surface area contributed by atoms with Crippen molar-refractivity contribution >= 4 is 18.0 Å². The number of carbonyl (C=O) groups is 3. The van der Waals surface area contributed by atoms with Gasteiger partial charge in [-0.1, -0.05) is 12.1 Å². The molecular weight excluding hydrogens is 465 g/mol. The van der Waals surface area contributed by atoms with Crippen LogP contribution < -0.4 is 10.6 Å². The summed E-state index contributed by atoms with van der Waals surface area (Å²) in [6.45, 7) is 14.0. The molecule has 1 saturated heterocycles. The first-order valence-electron chi connectivity index (χ1n) is 12.5. The standard InChI is InChI=1S/C26H38FN5O4/c1-7-31-20(16-30-13-14-32(17(3)15-30)25(35)29-26(4,5)6)21(23(33)36-8-2)22(28-24(31)34)18-9-11-19(27)12-10-18/h9-12,17,22H,7-8,13-16H2,1-6H3,(H,28,34)(H,29,35). The second-order valence-electron chi connectivity index (χ2n) is 10.2. The van der Waals surface area contributed by atoms with Gasteiger partial charge >= 0.3 is 18.0 Å². The summed E-state index contributed by atoms with van der Waals surface area (Å²) in [6, 6.07) is 4.48. The fraction of sp³-hybridized carbons (Fsp3) is 0.577. The summed E-state index contributed by atoms with van der Waals surface area (Å²) >= 11 is 0. The smallest absolute Gasteiger partial charge is 0.338 e. The topological polar surface area (TPSA) is 94.2 Å². The molecular formula is C26H38FN5O4. The number of nitrogens with one attached hydrogen (secondary N) is 2. The maximum absolute atomic E-state index is 13.6. The molecule has 1 aromatic carbocycles. The Bertz CT molecular complexity index is 1000. The average Bonchev–Trinajstić information content (AvgIpc) is 2.78. The molecule has 0 aliphatic carbocycles. The van der Waals surface area contributed by atoms with Gasteiger partial charge in [0.1, 0.15) is 5.82 Å². The molecule has 2 N–H and O–H groups in total. The van der Waals surface area contributed by atoms with Crippen molar-refractivity contribution < 1.29 is 23.5 Å². The van der Waals surface area contributed by atoms with Crippen LogP contribution in [0.15, 0.2) is 35.5 Å². The van der Waals surface area contributed by atoms with Gasteiger partial charge < -0.3 is 20.3 Å². The van der Waals surface area contributed by atoms with Crippen LogP contribution in [0.2, 0.25) is 0 Å². The van der Waals surface area contributed by atoms with E-state index in [4.69, 9.17) is 4.74 Å². The van der Waals surface area contributed by atoms with Crippen LogP contribution in [0.1, 0.15) is 53.1 Å². The first-order chi connectivity index (χ1) is 16.9. The third-order valence-electron chi connectivity index (χ3n) is 6.28. The Kier molecular flexibility index (Phi) is 8.60. The lowest BCUT2D eigenvalue weighted by Gasteiger charge is -2.43. The Morgan fingerprint density at radius 1 is 1.17 bits per heavy atom. The number of rotatable bonds is 6. The van der Waals surface area contributed by atoms with Crippen molar-refractivity contribution in [3.63, 3.8) is 0 Å². The van der Waals surface area contributed by atoms with Crippen LogP contribution >= 0.6 is 0 Å². The van der Waals surface area contributed by atoms with E-state index in [1.807, 2.05) is 39.5 Å². The van der Waals surface area contributed by atoms with Gasteiger partial charge in [-0.05, 0) is 59.2 Å². The number of carbonyl (C=O) groups excluding carboxylic acids is 3. The van der Waals surface area contributed by atoms with E-state index in [-0.39, 0.29) is 30.2 Å². The minimum absolute atomic E-state index is 0.0619. The molecule has 198 valence electrons. The van der Waals surface area contributed by atoms with E-state index >= 15 is 0 Å². The summed E-state index contributed by atoms with van der Waals surface area (Å²) in [5, 5.41) is 5.90. The number of hydrogen-bond donors (Lipinski definition) is 2. The zero-order valence-electron chi connectivity index (χ0n) is 22.1. The van der Waals surface area contributed by atoms with Crippen LogP contribution in [-0.2, 0) is 9.53 Å². The monoisotopic (exact) mass is 503 g/mol. The fourth-order valence-electron chi connectivity index (χ4n) is 4.65. The van der Waals surface area contributed by atoms with Crippen LogP contribution in [0.25, 0.3) is 0 Å². The molecule has 2 aliphatic rings. The molecule has 2 heterocycles. The summed E-state index contributed by atoms with van der Waals surface area (Å²) in [7, 11) is 0. The second-order valence-corrected chi connectivity index (χ2v) is 10.2. The highest BCUT2D eigenvalue weighted by Crippen LogP contribution is 2.32. The van der Waals surface area contributed by atoms with Crippen molar-refractivity contribution in [3.05, 3.63) is 46.9 Å². The van der Waals surface area contributed by atoms with Crippen molar-refractivity contribution in [1.82, 2.24) is 25.3 Å². The minimum atomic E-state index is -0.758. The highest BCUT2D eigenvalue weighted by atomic mass is 19.1. The number of amides is 4. The Morgan fingerprint density at radius 2 is 1.83 bits per heavy atom. The highest BCUT2D eigenvalue weighted by molar-refractivity contribution is 5.95. The Labute approximate surface area is 212 Å². The Hall–Kier alpha value is -3.14. The van der Waals surface area contributed by atoms with E-state index in [2.05, 4.69) is 15.5 Å². The molecule has 36 heavy (non-hydrogen) atoms. The van der Waals surface area contributed by atoms with Crippen molar-refractivity contribution in [3.8, 4) is 0 Å². The van der Waals surface area contributed by atoms with Gasteiger partial charge in [0.25, 0.3) is 0 Å². The molecule has 0 aromatic heterocycles. The largest absolute Gasteiger partial charge is 0.463 e. The van der Waals surface area contributed by atoms with Crippen molar-refractivity contribution in [2.45, 2.75) is 59.2 Å². The molecule has 0 bridgehead atoms. The molecule has 0 radical (unpaired) electrons. The number of piperazine rings is 1. The molecule has 2 aliphatic heterocycles. The third-order valence-corrected chi connectivity index (χ3v) is 6.28. The molecule has 1 fully saturated rings. The van der Waals surface area contributed by atoms with E-state index in [0.29, 0.717) is 49.6 Å².